The molecule has 2 aromatic carbocycles. The van der Waals surface area contributed by atoms with Crippen LogP contribution < -0.4 is 9.64 Å². The number of benzene rings is 2. The monoisotopic (exact) mass is 375 g/mol. The van der Waals surface area contributed by atoms with E-state index in [0.717, 1.165) is 10.0 Å². The number of amides is 1. The molecule has 0 saturated carbocycles. The van der Waals surface area contributed by atoms with Gasteiger partial charge in [0.2, 0.25) is 0 Å². The van der Waals surface area contributed by atoms with Crippen LogP contribution in [0, 0.1) is 0 Å². The van der Waals surface area contributed by atoms with E-state index >= 15 is 0 Å². The summed E-state index contributed by atoms with van der Waals surface area (Å²) in [6.45, 7) is 2.06. The summed E-state index contributed by atoms with van der Waals surface area (Å²) in [7, 11) is 0. The van der Waals surface area contributed by atoms with Gasteiger partial charge in [-0.1, -0.05) is 28.1 Å². The van der Waals surface area contributed by atoms with Crippen LogP contribution in [0.1, 0.15) is 22.8 Å². The predicted molar refractivity (Wildman–Crippen MR) is 88.8 cm³/mol. The topological polar surface area (TPSA) is 66.8 Å². The Labute approximate surface area is 141 Å². The van der Waals surface area contributed by atoms with E-state index < -0.39 is 12.1 Å². The molecule has 1 amide bonds. The molecule has 1 heterocycles. The van der Waals surface area contributed by atoms with Crippen LogP contribution in [0.3, 0.4) is 0 Å². The third kappa shape index (κ3) is 3.07. The van der Waals surface area contributed by atoms with Gasteiger partial charge in [0.15, 0.2) is 6.10 Å². The molecule has 118 valence electrons. The Balaban J connectivity index is 1.98. The summed E-state index contributed by atoms with van der Waals surface area (Å²) in [5.41, 5.74) is 1.69. The van der Waals surface area contributed by atoms with Crippen molar-refractivity contribution in [1.29, 1.82) is 0 Å². The molecule has 1 N–H and O–H groups in total. The number of hydrogen-bond donors (Lipinski definition) is 1. The molecule has 3 rings (SSSR count). The largest absolute Gasteiger partial charge is 0.479 e. The fraction of sp³-hybridized carbons (Fsp3) is 0.176. The van der Waals surface area contributed by atoms with Gasteiger partial charge in [-0.05, 0) is 42.8 Å². The lowest BCUT2D eigenvalue weighted by Crippen LogP contribution is -2.44. The van der Waals surface area contributed by atoms with Crippen molar-refractivity contribution in [2.24, 2.45) is 0 Å². The minimum atomic E-state index is -1.03. The van der Waals surface area contributed by atoms with Crippen LogP contribution in [0.4, 0.5) is 5.69 Å². The molecule has 23 heavy (non-hydrogen) atoms. The van der Waals surface area contributed by atoms with E-state index in [1.165, 1.54) is 12.1 Å². The number of fused-ring (bicyclic) bond motifs is 1. The summed E-state index contributed by atoms with van der Waals surface area (Å²) in [6.07, 6.45) is -0.651. The fourth-order valence-corrected chi connectivity index (χ4v) is 2.74. The minimum absolute atomic E-state index is 0.133. The number of hydrogen-bond acceptors (Lipinski definition) is 3. The van der Waals surface area contributed by atoms with Crippen LogP contribution in [0.15, 0.2) is 46.9 Å². The lowest BCUT2D eigenvalue weighted by Gasteiger charge is -2.33. The average molecular weight is 376 g/mol. The van der Waals surface area contributed by atoms with Gasteiger partial charge in [-0.25, -0.2) is 4.79 Å². The molecule has 0 fully saturated rings. The SMILES string of the molecule is CC1Oc2cc(C(=O)O)ccc2N(Cc2ccc(Br)cc2)C1=O. The molecular formula is C17H14BrNO4. The highest BCUT2D eigenvalue weighted by molar-refractivity contribution is 9.10. The third-order valence-electron chi connectivity index (χ3n) is 3.67. The summed E-state index contributed by atoms with van der Waals surface area (Å²) in [5, 5.41) is 9.09. The number of carbonyl (C=O) groups is 2. The lowest BCUT2D eigenvalue weighted by atomic mass is 10.1. The van der Waals surface area contributed by atoms with Gasteiger partial charge in [0.25, 0.3) is 5.91 Å². The Bertz CT molecular complexity index is 773. The van der Waals surface area contributed by atoms with E-state index in [2.05, 4.69) is 15.9 Å². The summed E-state index contributed by atoms with van der Waals surface area (Å²) in [6, 6.07) is 12.2. The molecule has 0 spiro atoms. The smallest absolute Gasteiger partial charge is 0.335 e. The number of ether oxygens (including phenoxy) is 1. The first kappa shape index (κ1) is 15.6. The van der Waals surface area contributed by atoms with Crippen molar-refractivity contribution in [1.82, 2.24) is 0 Å². The van der Waals surface area contributed by atoms with Crippen molar-refractivity contribution in [2.75, 3.05) is 4.90 Å². The van der Waals surface area contributed by atoms with Gasteiger partial charge >= 0.3 is 5.97 Å². The standard InChI is InChI=1S/C17H14BrNO4/c1-10-16(20)19(9-11-2-5-13(18)6-3-11)14-7-4-12(17(21)22)8-15(14)23-10/h2-8,10H,9H2,1H3,(H,21,22). The molecule has 0 aromatic heterocycles. The minimum Gasteiger partial charge on any atom is -0.479 e. The van der Waals surface area contributed by atoms with E-state index in [0.29, 0.717) is 18.0 Å². The van der Waals surface area contributed by atoms with E-state index in [9.17, 15) is 9.59 Å². The Morgan fingerprint density at radius 3 is 2.61 bits per heavy atom. The number of rotatable bonds is 3. The van der Waals surface area contributed by atoms with Gasteiger partial charge in [-0.15, -0.1) is 0 Å². The molecule has 6 heteroatoms. The van der Waals surface area contributed by atoms with Crippen LogP contribution in [-0.4, -0.2) is 23.1 Å². The third-order valence-corrected chi connectivity index (χ3v) is 4.20. The Morgan fingerprint density at radius 1 is 1.26 bits per heavy atom. The van der Waals surface area contributed by atoms with Crippen LogP contribution in [0.2, 0.25) is 0 Å². The van der Waals surface area contributed by atoms with Crippen LogP contribution in [0.5, 0.6) is 5.75 Å². The molecule has 0 bridgehead atoms. The molecule has 0 radical (unpaired) electrons. The van der Waals surface area contributed by atoms with E-state index in [1.807, 2.05) is 24.3 Å². The van der Waals surface area contributed by atoms with Gasteiger partial charge in [0.05, 0.1) is 17.8 Å². The second-order valence-corrected chi connectivity index (χ2v) is 6.21. The molecular weight excluding hydrogens is 362 g/mol. The highest BCUT2D eigenvalue weighted by Crippen LogP contribution is 2.36. The number of anilines is 1. The summed E-state index contributed by atoms with van der Waals surface area (Å²) < 4.78 is 6.53. The Hall–Kier alpha value is -2.34. The van der Waals surface area contributed by atoms with E-state index in [-0.39, 0.29) is 11.5 Å². The van der Waals surface area contributed by atoms with Crippen LogP contribution >= 0.6 is 15.9 Å². The normalized spacial score (nSPS) is 16.7. The zero-order valence-corrected chi connectivity index (χ0v) is 13.9. The van der Waals surface area contributed by atoms with Crippen molar-refractivity contribution >= 4 is 33.5 Å². The van der Waals surface area contributed by atoms with Crippen molar-refractivity contribution in [3.05, 3.63) is 58.1 Å². The fourth-order valence-electron chi connectivity index (χ4n) is 2.48. The number of halogens is 1. The van der Waals surface area contributed by atoms with Crippen LogP contribution in [-0.2, 0) is 11.3 Å². The van der Waals surface area contributed by atoms with Crippen LogP contribution in [0.25, 0.3) is 0 Å². The molecule has 1 unspecified atom stereocenters. The van der Waals surface area contributed by atoms with Crippen molar-refractivity contribution in [3.8, 4) is 5.75 Å². The average Bonchev–Trinajstić information content (AvgIpc) is 2.53. The van der Waals surface area contributed by atoms with Crippen molar-refractivity contribution in [3.63, 3.8) is 0 Å². The zero-order valence-electron chi connectivity index (χ0n) is 12.3. The number of nitrogens with zero attached hydrogens (tertiary/aromatic N) is 1. The molecule has 1 atom stereocenters. The first-order valence-corrected chi connectivity index (χ1v) is 7.85. The first-order valence-electron chi connectivity index (χ1n) is 7.05. The molecule has 1 aliphatic heterocycles. The molecule has 0 saturated heterocycles. The number of carbonyl (C=O) groups excluding carboxylic acids is 1. The molecule has 0 aliphatic carbocycles. The highest BCUT2D eigenvalue weighted by Gasteiger charge is 2.32. The lowest BCUT2D eigenvalue weighted by molar-refractivity contribution is -0.125. The highest BCUT2D eigenvalue weighted by atomic mass is 79.9. The summed E-state index contributed by atoms with van der Waals surface area (Å²) >= 11 is 3.38. The van der Waals surface area contributed by atoms with Gasteiger partial charge in [-0.2, -0.15) is 0 Å². The first-order chi connectivity index (χ1) is 11.0. The Kier molecular flexibility index (Phi) is 4.09. The van der Waals surface area contributed by atoms with Gasteiger partial charge in [-0.3, -0.25) is 4.79 Å². The maximum atomic E-state index is 12.5. The van der Waals surface area contributed by atoms with Crippen molar-refractivity contribution < 1.29 is 19.4 Å². The summed E-state index contributed by atoms with van der Waals surface area (Å²) in [5.74, 6) is -0.766. The molecule has 5 nitrogen and oxygen atoms in total. The van der Waals surface area contributed by atoms with E-state index in [4.69, 9.17) is 9.84 Å². The second kappa shape index (κ2) is 6.04. The number of carboxylic acids is 1. The second-order valence-electron chi connectivity index (χ2n) is 5.30. The van der Waals surface area contributed by atoms with Gasteiger partial charge in [0, 0.05) is 4.47 Å². The van der Waals surface area contributed by atoms with Gasteiger partial charge in [0.1, 0.15) is 5.75 Å². The summed E-state index contributed by atoms with van der Waals surface area (Å²) in [4.78, 5) is 25.2. The van der Waals surface area contributed by atoms with Crippen molar-refractivity contribution in [2.45, 2.75) is 19.6 Å². The quantitative estimate of drug-likeness (QED) is 0.891. The van der Waals surface area contributed by atoms with E-state index in [1.54, 1.807) is 17.9 Å². The predicted octanol–water partition coefficient (Wildman–Crippen LogP) is 3.46. The maximum absolute atomic E-state index is 12.5. The zero-order chi connectivity index (χ0) is 16.6. The maximum Gasteiger partial charge on any atom is 0.335 e. The Morgan fingerprint density at radius 2 is 1.96 bits per heavy atom. The number of aromatic carboxylic acids is 1. The molecule has 2 aromatic rings. The van der Waals surface area contributed by atoms with Gasteiger partial charge < -0.3 is 14.7 Å². The molecule has 1 aliphatic rings. The number of carboxylic acid groups (broad SMARTS) is 1.